The number of aromatic amines is 1. The summed E-state index contributed by atoms with van der Waals surface area (Å²) in [6, 6.07) is 8.53. The van der Waals surface area contributed by atoms with Gasteiger partial charge in [-0.15, -0.1) is 0 Å². The number of halogens is 1. The van der Waals surface area contributed by atoms with Crippen molar-refractivity contribution in [1.82, 2.24) is 9.88 Å². The summed E-state index contributed by atoms with van der Waals surface area (Å²) < 4.78 is 14.6. The van der Waals surface area contributed by atoms with E-state index in [1.165, 1.54) is 10.9 Å². The second-order valence-corrected chi connectivity index (χ2v) is 8.39. The molecule has 4 nitrogen and oxygen atoms in total. The Kier molecular flexibility index (Phi) is 5.75. The van der Waals surface area contributed by atoms with Crippen molar-refractivity contribution in [2.45, 2.75) is 57.8 Å². The third-order valence-corrected chi connectivity index (χ3v) is 5.40. The summed E-state index contributed by atoms with van der Waals surface area (Å²) in [5.41, 5.74) is 3.04. The normalized spacial score (nSPS) is 20.6. The van der Waals surface area contributed by atoms with E-state index in [0.29, 0.717) is 13.0 Å². The minimum absolute atomic E-state index is 0.0381. The van der Waals surface area contributed by atoms with Crippen molar-refractivity contribution in [1.29, 1.82) is 0 Å². The summed E-state index contributed by atoms with van der Waals surface area (Å²) in [7, 11) is 0. The van der Waals surface area contributed by atoms with E-state index in [4.69, 9.17) is 5.11 Å². The van der Waals surface area contributed by atoms with Crippen molar-refractivity contribution in [3.8, 4) is 0 Å². The quantitative estimate of drug-likeness (QED) is 0.511. The zero-order valence-corrected chi connectivity index (χ0v) is 16.8. The number of para-hydroxylation sites is 1. The third kappa shape index (κ3) is 4.53. The van der Waals surface area contributed by atoms with Crippen LogP contribution in [0.5, 0.6) is 0 Å². The minimum atomic E-state index is -1.30. The number of carboxylic acid groups (broad SMARTS) is 1. The van der Waals surface area contributed by atoms with Gasteiger partial charge < -0.3 is 10.1 Å². The van der Waals surface area contributed by atoms with Crippen LogP contribution < -0.4 is 0 Å². The van der Waals surface area contributed by atoms with Crippen LogP contribution in [0.1, 0.15) is 50.9 Å². The van der Waals surface area contributed by atoms with E-state index >= 15 is 0 Å². The molecule has 1 aromatic heterocycles. The van der Waals surface area contributed by atoms with Gasteiger partial charge >= 0.3 is 5.97 Å². The second kappa shape index (κ2) is 7.92. The van der Waals surface area contributed by atoms with Crippen LogP contribution >= 0.6 is 0 Å². The van der Waals surface area contributed by atoms with Gasteiger partial charge in [-0.25, -0.2) is 9.18 Å². The average molecular weight is 384 g/mol. The number of allylic oxidation sites excluding steroid dienone is 2. The Morgan fingerprint density at radius 3 is 2.79 bits per heavy atom. The Balaban J connectivity index is 1.93. The zero-order chi connectivity index (χ0) is 20.5. The van der Waals surface area contributed by atoms with Gasteiger partial charge in [0.15, 0.2) is 0 Å². The number of aliphatic carboxylic acids is 1. The van der Waals surface area contributed by atoms with Crippen LogP contribution in [0.2, 0.25) is 0 Å². The fourth-order valence-electron chi connectivity index (χ4n) is 4.22. The van der Waals surface area contributed by atoms with Crippen molar-refractivity contribution >= 4 is 16.9 Å². The van der Waals surface area contributed by atoms with Crippen LogP contribution in [0.4, 0.5) is 4.39 Å². The van der Waals surface area contributed by atoms with Crippen molar-refractivity contribution in [3.05, 3.63) is 59.8 Å². The summed E-state index contributed by atoms with van der Waals surface area (Å²) in [5, 5.41) is 10.0. The lowest BCUT2D eigenvalue weighted by molar-refractivity contribution is -0.131. The molecule has 0 aliphatic carbocycles. The lowest BCUT2D eigenvalue weighted by atomic mass is 9.88. The van der Waals surface area contributed by atoms with Gasteiger partial charge in [-0.1, -0.05) is 36.4 Å². The molecule has 1 aliphatic heterocycles. The Labute approximate surface area is 165 Å². The largest absolute Gasteiger partial charge is 0.478 e. The van der Waals surface area contributed by atoms with E-state index in [2.05, 4.69) is 35.5 Å². The highest BCUT2D eigenvalue weighted by Gasteiger charge is 2.37. The van der Waals surface area contributed by atoms with Gasteiger partial charge in [0, 0.05) is 35.3 Å². The van der Waals surface area contributed by atoms with Crippen LogP contribution in [0.25, 0.3) is 10.9 Å². The lowest BCUT2D eigenvalue weighted by Gasteiger charge is -2.43. The molecule has 2 N–H and O–H groups in total. The van der Waals surface area contributed by atoms with E-state index in [9.17, 15) is 9.18 Å². The van der Waals surface area contributed by atoms with Gasteiger partial charge in [0.1, 0.15) is 5.67 Å². The number of benzene rings is 1. The number of alkyl halides is 1. The molecular formula is C23H29FN2O2. The molecule has 0 spiro atoms. The topological polar surface area (TPSA) is 56.3 Å². The van der Waals surface area contributed by atoms with E-state index in [0.717, 1.165) is 35.7 Å². The zero-order valence-electron chi connectivity index (χ0n) is 16.8. The fraction of sp³-hybridized carbons (Fsp3) is 0.435. The maximum absolute atomic E-state index is 14.6. The van der Waals surface area contributed by atoms with Gasteiger partial charge in [0.25, 0.3) is 0 Å². The first kappa shape index (κ1) is 20.3. The number of aromatic nitrogens is 1. The first-order valence-corrected chi connectivity index (χ1v) is 9.78. The van der Waals surface area contributed by atoms with Crippen molar-refractivity contribution in [2.24, 2.45) is 0 Å². The highest BCUT2D eigenvalue weighted by molar-refractivity contribution is 5.85. The summed E-state index contributed by atoms with van der Waals surface area (Å²) >= 11 is 0. The van der Waals surface area contributed by atoms with Gasteiger partial charge in [0.05, 0.1) is 6.04 Å². The van der Waals surface area contributed by atoms with Crippen LogP contribution in [0.3, 0.4) is 0 Å². The van der Waals surface area contributed by atoms with Crippen molar-refractivity contribution in [3.63, 3.8) is 0 Å². The molecule has 2 aromatic rings. The van der Waals surface area contributed by atoms with E-state index in [1.807, 2.05) is 12.1 Å². The average Bonchev–Trinajstić information content (AvgIpc) is 2.97. The molecule has 150 valence electrons. The number of hydrogen-bond donors (Lipinski definition) is 2. The Morgan fingerprint density at radius 1 is 1.39 bits per heavy atom. The highest BCUT2D eigenvalue weighted by atomic mass is 19.1. The number of H-pyrrole nitrogens is 1. The number of nitrogens with one attached hydrogen (secondary N) is 1. The summed E-state index contributed by atoms with van der Waals surface area (Å²) in [6.07, 6.45) is 4.95. The van der Waals surface area contributed by atoms with Crippen LogP contribution in [-0.2, 0) is 11.2 Å². The molecule has 0 saturated heterocycles. The van der Waals surface area contributed by atoms with Crippen LogP contribution in [-0.4, -0.2) is 39.2 Å². The molecule has 0 amide bonds. The van der Waals surface area contributed by atoms with Gasteiger partial charge in [-0.05, 0) is 51.7 Å². The lowest BCUT2D eigenvalue weighted by Crippen LogP contribution is -2.47. The number of nitrogens with zero attached hydrogens (tertiary/aromatic N) is 1. The third-order valence-electron chi connectivity index (χ3n) is 5.40. The first-order chi connectivity index (χ1) is 13.2. The molecule has 0 unspecified atom stereocenters. The predicted octanol–water partition coefficient (Wildman–Crippen LogP) is 5.18. The molecule has 2 atom stereocenters. The predicted molar refractivity (Wildman–Crippen MR) is 111 cm³/mol. The molecule has 2 heterocycles. The molecule has 1 aromatic carbocycles. The van der Waals surface area contributed by atoms with Crippen molar-refractivity contribution < 1.29 is 14.3 Å². The Hall–Kier alpha value is -2.40. The SMILES string of the molecule is C=C(/C=C/C(=O)O)CC[C@H]1c2[nH]c3ccccc3c2C[C@@H](C)N1CC(C)(C)F. The Morgan fingerprint density at radius 2 is 2.11 bits per heavy atom. The van der Waals surface area contributed by atoms with Crippen molar-refractivity contribution in [2.75, 3.05) is 6.54 Å². The van der Waals surface area contributed by atoms with Gasteiger partial charge in [0.2, 0.25) is 0 Å². The molecular weight excluding hydrogens is 355 g/mol. The van der Waals surface area contributed by atoms with Crippen LogP contribution in [0, 0.1) is 0 Å². The maximum atomic E-state index is 14.6. The number of fused-ring (bicyclic) bond motifs is 3. The monoisotopic (exact) mass is 384 g/mol. The van der Waals surface area contributed by atoms with Gasteiger partial charge in [-0.3, -0.25) is 4.90 Å². The maximum Gasteiger partial charge on any atom is 0.328 e. The van der Waals surface area contributed by atoms with Gasteiger partial charge in [-0.2, -0.15) is 0 Å². The fourth-order valence-corrected chi connectivity index (χ4v) is 4.22. The molecule has 3 rings (SSSR count). The molecule has 1 aliphatic rings. The highest BCUT2D eigenvalue weighted by Crippen LogP contribution is 2.40. The number of rotatable bonds is 7. The molecule has 0 radical (unpaired) electrons. The summed E-state index contributed by atoms with van der Waals surface area (Å²) in [5.74, 6) is -0.980. The molecule has 0 fully saturated rings. The van der Waals surface area contributed by atoms with E-state index in [-0.39, 0.29) is 12.1 Å². The minimum Gasteiger partial charge on any atom is -0.478 e. The van der Waals surface area contributed by atoms with E-state index in [1.54, 1.807) is 19.9 Å². The smallest absolute Gasteiger partial charge is 0.328 e. The summed E-state index contributed by atoms with van der Waals surface area (Å²) in [4.78, 5) is 16.6. The molecule has 0 bridgehead atoms. The number of carbonyl (C=O) groups is 1. The number of carboxylic acids is 1. The molecule has 5 heteroatoms. The standard InChI is InChI=1S/C23H29FN2O2/c1-15(10-12-21(27)28)9-11-20-22-18(17-7-5-6-8-19(17)25-22)13-16(2)26(20)14-23(3,4)24/h5-8,10,12,16,20,25H,1,9,11,13-14H2,2-4H3,(H,27,28)/b12-10+/t16-,20+/m1/s1. The van der Waals surface area contributed by atoms with E-state index < -0.39 is 11.6 Å². The second-order valence-electron chi connectivity index (χ2n) is 8.39. The number of hydrogen-bond acceptors (Lipinski definition) is 2. The summed E-state index contributed by atoms with van der Waals surface area (Å²) in [6.45, 7) is 9.72. The molecule has 0 saturated carbocycles. The first-order valence-electron chi connectivity index (χ1n) is 9.78. The molecule has 28 heavy (non-hydrogen) atoms. The Bertz CT molecular complexity index is 907. The van der Waals surface area contributed by atoms with Crippen LogP contribution in [0.15, 0.2) is 48.6 Å².